The van der Waals surface area contributed by atoms with Gasteiger partial charge >= 0.3 is 0 Å². The van der Waals surface area contributed by atoms with Gasteiger partial charge in [0.15, 0.2) is 0 Å². The van der Waals surface area contributed by atoms with Crippen molar-refractivity contribution >= 4 is 10.0 Å². The average molecular weight is 330 g/mol. The predicted molar refractivity (Wildman–Crippen MR) is 78.9 cm³/mol. The van der Waals surface area contributed by atoms with Gasteiger partial charge in [0, 0.05) is 18.7 Å². The van der Waals surface area contributed by atoms with Gasteiger partial charge in [-0.25, -0.2) is 21.9 Å². The normalized spacial score (nSPS) is 21.2. The maximum absolute atomic E-state index is 13.2. The molecule has 0 radical (unpaired) electrons. The van der Waals surface area contributed by atoms with Crippen LogP contribution in [0.2, 0.25) is 0 Å². The molecule has 0 bridgehead atoms. The number of likely N-dealkylation sites (tertiary alicyclic amines) is 1. The van der Waals surface area contributed by atoms with Crippen molar-refractivity contribution in [3.63, 3.8) is 0 Å². The average Bonchev–Trinajstić information content (AvgIpc) is 3.24. The van der Waals surface area contributed by atoms with Gasteiger partial charge in [-0.05, 0) is 56.8 Å². The molecule has 0 atom stereocenters. The topological polar surface area (TPSA) is 49.4 Å². The Morgan fingerprint density at radius 2 is 1.64 bits per heavy atom. The van der Waals surface area contributed by atoms with E-state index in [0.29, 0.717) is 6.07 Å². The molecule has 2 fully saturated rings. The lowest BCUT2D eigenvalue weighted by Gasteiger charge is -2.32. The molecule has 0 spiro atoms. The van der Waals surface area contributed by atoms with Crippen LogP contribution in [0.15, 0.2) is 23.1 Å². The Bertz CT molecular complexity index is 619. The zero-order chi connectivity index (χ0) is 15.7. The highest BCUT2D eigenvalue weighted by Gasteiger charge is 2.29. The number of nitrogens with one attached hydrogen (secondary N) is 1. The third-order valence-electron chi connectivity index (χ3n) is 4.27. The molecule has 4 nitrogen and oxygen atoms in total. The third kappa shape index (κ3) is 4.02. The molecule has 1 aromatic rings. The number of sulfonamides is 1. The first kappa shape index (κ1) is 15.8. The van der Waals surface area contributed by atoms with E-state index in [1.807, 2.05) is 0 Å². The van der Waals surface area contributed by atoms with Crippen LogP contribution in [0.4, 0.5) is 8.78 Å². The summed E-state index contributed by atoms with van der Waals surface area (Å²) in [4.78, 5) is 2.01. The molecule has 1 saturated heterocycles. The van der Waals surface area contributed by atoms with Crippen LogP contribution in [0.3, 0.4) is 0 Å². The molecule has 1 N–H and O–H groups in total. The van der Waals surface area contributed by atoms with Gasteiger partial charge < -0.3 is 4.90 Å². The van der Waals surface area contributed by atoms with Crippen molar-refractivity contribution in [3.05, 3.63) is 29.8 Å². The zero-order valence-corrected chi connectivity index (χ0v) is 13.1. The Balaban J connectivity index is 1.59. The number of piperidine rings is 1. The maximum Gasteiger partial charge on any atom is 0.241 e. The number of benzene rings is 1. The van der Waals surface area contributed by atoms with Crippen molar-refractivity contribution in [3.8, 4) is 0 Å². The predicted octanol–water partition coefficient (Wildman–Crippen LogP) is 2.12. The Morgan fingerprint density at radius 3 is 2.18 bits per heavy atom. The fourth-order valence-electron chi connectivity index (χ4n) is 2.87. The van der Waals surface area contributed by atoms with Crippen LogP contribution in [0.1, 0.15) is 25.7 Å². The van der Waals surface area contributed by atoms with E-state index in [-0.39, 0.29) is 10.9 Å². The zero-order valence-electron chi connectivity index (χ0n) is 12.3. The lowest BCUT2D eigenvalue weighted by molar-refractivity contribution is 0.200. The Hall–Kier alpha value is -1.05. The van der Waals surface area contributed by atoms with Crippen LogP contribution in [0.25, 0.3) is 0 Å². The SMILES string of the molecule is O=S(=O)(NC1CCN(CC2CC2)CC1)c1cc(F)cc(F)c1. The van der Waals surface area contributed by atoms with Crippen LogP contribution in [-0.4, -0.2) is 39.0 Å². The fourth-order valence-corrected chi connectivity index (χ4v) is 4.22. The molecule has 1 saturated carbocycles. The summed E-state index contributed by atoms with van der Waals surface area (Å²) < 4.78 is 53.4. The smallest absolute Gasteiger partial charge is 0.241 e. The van der Waals surface area contributed by atoms with Crippen LogP contribution in [-0.2, 0) is 10.0 Å². The Labute approximate surface area is 129 Å². The summed E-state index contributed by atoms with van der Waals surface area (Å²) in [5.41, 5.74) is 0. The second-order valence-electron chi connectivity index (χ2n) is 6.24. The molecule has 1 heterocycles. The molecule has 7 heteroatoms. The number of hydrogen-bond donors (Lipinski definition) is 1. The summed E-state index contributed by atoms with van der Waals surface area (Å²) in [7, 11) is -3.88. The summed E-state index contributed by atoms with van der Waals surface area (Å²) in [6.07, 6.45) is 4.06. The summed E-state index contributed by atoms with van der Waals surface area (Å²) >= 11 is 0. The van der Waals surface area contributed by atoms with Crippen molar-refractivity contribution in [1.29, 1.82) is 0 Å². The number of halogens is 2. The van der Waals surface area contributed by atoms with Gasteiger partial charge in [-0.15, -0.1) is 0 Å². The standard InChI is InChI=1S/C15H20F2N2O2S/c16-12-7-13(17)9-15(8-12)22(20,21)18-14-3-5-19(6-4-14)10-11-1-2-11/h7-9,11,14,18H,1-6,10H2. The third-order valence-corrected chi connectivity index (χ3v) is 5.77. The van der Waals surface area contributed by atoms with Gasteiger partial charge in [-0.3, -0.25) is 0 Å². The summed E-state index contributed by atoms with van der Waals surface area (Å²) in [6.45, 7) is 2.83. The minimum absolute atomic E-state index is 0.174. The molecule has 0 unspecified atom stereocenters. The first-order valence-corrected chi connectivity index (χ1v) is 9.11. The maximum atomic E-state index is 13.2. The summed E-state index contributed by atoms with van der Waals surface area (Å²) in [6, 6.07) is 2.17. The van der Waals surface area contributed by atoms with Gasteiger partial charge in [-0.1, -0.05) is 0 Å². The molecule has 2 aliphatic rings. The van der Waals surface area contributed by atoms with Crippen LogP contribution in [0, 0.1) is 17.6 Å². The second kappa shape index (κ2) is 6.22. The van der Waals surface area contributed by atoms with E-state index in [4.69, 9.17) is 0 Å². The number of rotatable bonds is 5. The Kier molecular flexibility index (Phi) is 4.47. The first-order chi connectivity index (χ1) is 10.4. The van der Waals surface area contributed by atoms with Gasteiger partial charge in [0.25, 0.3) is 0 Å². The van der Waals surface area contributed by atoms with Crippen molar-refractivity contribution in [2.45, 2.75) is 36.6 Å². The van der Waals surface area contributed by atoms with Crippen molar-refractivity contribution in [2.75, 3.05) is 19.6 Å². The molecule has 0 aromatic heterocycles. The summed E-state index contributed by atoms with van der Waals surface area (Å²) in [5, 5.41) is 0. The highest BCUT2D eigenvalue weighted by atomic mass is 32.2. The van der Waals surface area contributed by atoms with E-state index in [9.17, 15) is 17.2 Å². The van der Waals surface area contributed by atoms with Gasteiger partial charge in [0.05, 0.1) is 4.90 Å². The first-order valence-electron chi connectivity index (χ1n) is 7.63. The monoisotopic (exact) mass is 330 g/mol. The molecule has 1 aromatic carbocycles. The highest BCUT2D eigenvalue weighted by Crippen LogP contribution is 2.30. The van der Waals surface area contributed by atoms with E-state index in [1.165, 1.54) is 12.8 Å². The van der Waals surface area contributed by atoms with E-state index in [0.717, 1.165) is 50.5 Å². The summed E-state index contributed by atoms with van der Waals surface area (Å²) in [5.74, 6) is -0.956. The minimum Gasteiger partial charge on any atom is -0.303 e. The van der Waals surface area contributed by atoms with Crippen LogP contribution in [0.5, 0.6) is 0 Å². The highest BCUT2D eigenvalue weighted by molar-refractivity contribution is 7.89. The number of hydrogen-bond acceptors (Lipinski definition) is 3. The van der Waals surface area contributed by atoms with E-state index >= 15 is 0 Å². The minimum atomic E-state index is -3.88. The molecule has 0 amide bonds. The molecule has 22 heavy (non-hydrogen) atoms. The lowest BCUT2D eigenvalue weighted by Crippen LogP contribution is -2.45. The molecule has 3 rings (SSSR count). The van der Waals surface area contributed by atoms with Crippen molar-refractivity contribution in [2.24, 2.45) is 5.92 Å². The van der Waals surface area contributed by atoms with Crippen LogP contribution >= 0.6 is 0 Å². The molecule has 1 aliphatic carbocycles. The second-order valence-corrected chi connectivity index (χ2v) is 7.96. The van der Waals surface area contributed by atoms with Crippen molar-refractivity contribution in [1.82, 2.24) is 9.62 Å². The van der Waals surface area contributed by atoms with Crippen LogP contribution < -0.4 is 4.72 Å². The fraction of sp³-hybridized carbons (Fsp3) is 0.600. The van der Waals surface area contributed by atoms with E-state index in [2.05, 4.69) is 9.62 Å². The quantitative estimate of drug-likeness (QED) is 0.900. The van der Waals surface area contributed by atoms with E-state index in [1.54, 1.807) is 0 Å². The lowest BCUT2D eigenvalue weighted by atomic mass is 10.1. The molecular weight excluding hydrogens is 310 g/mol. The van der Waals surface area contributed by atoms with Gasteiger partial charge in [0.2, 0.25) is 10.0 Å². The molecule has 1 aliphatic heterocycles. The largest absolute Gasteiger partial charge is 0.303 e. The number of nitrogens with zero attached hydrogens (tertiary/aromatic N) is 1. The van der Waals surface area contributed by atoms with Gasteiger partial charge in [-0.2, -0.15) is 0 Å². The molecule has 122 valence electrons. The van der Waals surface area contributed by atoms with Gasteiger partial charge in [0.1, 0.15) is 11.6 Å². The van der Waals surface area contributed by atoms with E-state index < -0.39 is 21.7 Å². The Morgan fingerprint density at radius 1 is 1.05 bits per heavy atom. The van der Waals surface area contributed by atoms with Crippen molar-refractivity contribution < 1.29 is 17.2 Å². The molecular formula is C15H20F2N2O2S.